The Morgan fingerprint density at radius 2 is 1.97 bits per heavy atom. The summed E-state index contributed by atoms with van der Waals surface area (Å²) in [6.45, 7) is 3.35. The van der Waals surface area contributed by atoms with Crippen LogP contribution < -0.4 is 10.1 Å². The van der Waals surface area contributed by atoms with Crippen LogP contribution in [-0.4, -0.2) is 72.2 Å². The second-order valence-electron chi connectivity index (χ2n) is 6.80. The Hall–Kier alpha value is -3.24. The first-order chi connectivity index (χ1) is 14.9. The van der Waals surface area contributed by atoms with Gasteiger partial charge in [-0.15, -0.1) is 0 Å². The number of pyridine rings is 1. The monoisotopic (exact) mass is 439 g/mol. The number of piperazine rings is 1. The van der Waals surface area contributed by atoms with E-state index < -0.39 is 12.8 Å². The topological polar surface area (TPSA) is 83.2 Å². The van der Waals surface area contributed by atoms with Crippen LogP contribution in [0.2, 0.25) is 0 Å². The van der Waals surface area contributed by atoms with Crippen LogP contribution in [-0.2, 0) is 6.54 Å². The highest BCUT2D eigenvalue weighted by atomic mass is 19.4. The second-order valence-corrected chi connectivity index (χ2v) is 6.80. The lowest BCUT2D eigenvalue weighted by atomic mass is 10.2. The number of carbonyl (C=O) groups is 1. The zero-order valence-electron chi connectivity index (χ0n) is 17.1. The van der Waals surface area contributed by atoms with E-state index in [1.165, 1.54) is 12.5 Å². The van der Waals surface area contributed by atoms with E-state index in [1.54, 1.807) is 29.2 Å². The molecule has 11 heteroatoms. The lowest BCUT2D eigenvalue weighted by Gasteiger charge is -2.36. The van der Waals surface area contributed by atoms with E-state index in [0.29, 0.717) is 50.0 Å². The van der Waals surface area contributed by atoms with Gasteiger partial charge in [-0.05, 0) is 25.1 Å². The third-order valence-electron chi connectivity index (χ3n) is 4.55. The van der Waals surface area contributed by atoms with Gasteiger partial charge in [-0.2, -0.15) is 13.2 Å². The molecule has 3 heterocycles. The summed E-state index contributed by atoms with van der Waals surface area (Å²) in [6, 6.07) is 6.56. The van der Waals surface area contributed by atoms with Gasteiger partial charge < -0.3 is 24.3 Å². The number of carbonyl (C=O) groups excluding carboxylic acids is 1. The molecule has 0 atom stereocenters. The van der Waals surface area contributed by atoms with Gasteiger partial charge in [0, 0.05) is 44.5 Å². The smallest absolute Gasteiger partial charge is 0.422 e. The van der Waals surface area contributed by atoms with E-state index in [0.717, 1.165) is 0 Å². The Labute approximate surface area is 177 Å². The number of ether oxygens (including phenoxy) is 1. The van der Waals surface area contributed by atoms with E-state index in [4.69, 9.17) is 9.15 Å². The summed E-state index contributed by atoms with van der Waals surface area (Å²) >= 11 is 0. The van der Waals surface area contributed by atoms with Gasteiger partial charge in [-0.1, -0.05) is 6.07 Å². The normalized spacial score (nSPS) is 15.2. The predicted octanol–water partition coefficient (Wildman–Crippen LogP) is 2.54. The molecule has 1 fully saturated rings. The Bertz CT molecular complexity index is 878. The van der Waals surface area contributed by atoms with Crippen LogP contribution in [0.15, 0.2) is 46.1 Å². The van der Waals surface area contributed by atoms with Crippen LogP contribution in [0.1, 0.15) is 23.0 Å². The van der Waals surface area contributed by atoms with Crippen molar-refractivity contribution in [3.63, 3.8) is 0 Å². The number of amides is 1. The number of furan rings is 1. The van der Waals surface area contributed by atoms with Crippen molar-refractivity contribution in [2.75, 3.05) is 39.3 Å². The maximum absolute atomic E-state index is 12.5. The fourth-order valence-electron chi connectivity index (χ4n) is 3.09. The molecule has 1 saturated heterocycles. The molecule has 2 aromatic rings. The van der Waals surface area contributed by atoms with Gasteiger partial charge in [-0.25, -0.2) is 9.98 Å². The van der Waals surface area contributed by atoms with Gasteiger partial charge >= 0.3 is 6.18 Å². The summed E-state index contributed by atoms with van der Waals surface area (Å²) in [5.74, 6) is 0.664. The first-order valence-corrected chi connectivity index (χ1v) is 9.87. The maximum atomic E-state index is 12.5. The molecule has 0 aliphatic carbocycles. The molecular formula is C20H24F3N5O3. The van der Waals surface area contributed by atoms with Crippen molar-refractivity contribution in [2.45, 2.75) is 19.6 Å². The van der Waals surface area contributed by atoms with Crippen LogP contribution in [0.5, 0.6) is 5.88 Å². The van der Waals surface area contributed by atoms with Gasteiger partial charge in [0.05, 0.1) is 12.8 Å². The molecule has 0 spiro atoms. The molecule has 1 aliphatic heterocycles. The molecule has 1 N–H and O–H groups in total. The molecule has 8 nitrogen and oxygen atoms in total. The fraction of sp³-hybridized carbons (Fsp3) is 0.450. The number of halogens is 3. The quantitative estimate of drug-likeness (QED) is 0.550. The van der Waals surface area contributed by atoms with Crippen LogP contribution in [0.4, 0.5) is 13.2 Å². The third-order valence-corrected chi connectivity index (χ3v) is 4.55. The number of rotatable bonds is 6. The molecule has 31 heavy (non-hydrogen) atoms. The Kier molecular flexibility index (Phi) is 7.37. The van der Waals surface area contributed by atoms with E-state index in [-0.39, 0.29) is 18.3 Å². The maximum Gasteiger partial charge on any atom is 0.422 e. The number of aliphatic imine (C=N–C) groups is 1. The molecule has 2 aromatic heterocycles. The van der Waals surface area contributed by atoms with Gasteiger partial charge in [0.2, 0.25) is 5.88 Å². The van der Waals surface area contributed by atoms with Crippen molar-refractivity contribution in [3.8, 4) is 5.88 Å². The average Bonchev–Trinajstić information content (AvgIpc) is 3.30. The largest absolute Gasteiger partial charge is 0.468 e. The minimum absolute atomic E-state index is 0.0895. The summed E-state index contributed by atoms with van der Waals surface area (Å²) < 4.78 is 47.4. The van der Waals surface area contributed by atoms with Crippen LogP contribution >= 0.6 is 0 Å². The Morgan fingerprint density at radius 1 is 1.23 bits per heavy atom. The number of guanidine groups is 1. The van der Waals surface area contributed by atoms with Crippen LogP contribution in [0, 0.1) is 0 Å². The number of hydrogen-bond acceptors (Lipinski definition) is 5. The minimum Gasteiger partial charge on any atom is -0.468 e. The summed E-state index contributed by atoms with van der Waals surface area (Å²) in [5.41, 5.74) is 0.453. The summed E-state index contributed by atoms with van der Waals surface area (Å²) in [5, 5.41) is 3.18. The zero-order valence-corrected chi connectivity index (χ0v) is 17.1. The SMILES string of the molecule is CCNC(=NCc1cccnc1OCC(F)(F)F)N1CCN(C(=O)c2ccco2)CC1. The number of alkyl halides is 3. The number of aromatic nitrogens is 1. The summed E-state index contributed by atoms with van der Waals surface area (Å²) in [6.07, 6.45) is -1.61. The van der Waals surface area contributed by atoms with Crippen LogP contribution in [0.3, 0.4) is 0 Å². The van der Waals surface area contributed by atoms with Crippen molar-refractivity contribution >= 4 is 11.9 Å². The zero-order chi connectivity index (χ0) is 22.3. The lowest BCUT2D eigenvalue weighted by molar-refractivity contribution is -0.154. The highest BCUT2D eigenvalue weighted by Crippen LogP contribution is 2.20. The molecule has 168 valence electrons. The molecular weight excluding hydrogens is 415 g/mol. The highest BCUT2D eigenvalue weighted by molar-refractivity contribution is 5.91. The Morgan fingerprint density at radius 3 is 2.61 bits per heavy atom. The molecule has 0 bridgehead atoms. The van der Waals surface area contributed by atoms with Crippen molar-refractivity contribution in [1.82, 2.24) is 20.1 Å². The second kappa shape index (κ2) is 10.2. The molecule has 1 amide bonds. The highest BCUT2D eigenvalue weighted by Gasteiger charge is 2.29. The van der Waals surface area contributed by atoms with Crippen molar-refractivity contribution in [1.29, 1.82) is 0 Å². The molecule has 1 aliphatic rings. The van der Waals surface area contributed by atoms with Crippen molar-refractivity contribution < 1.29 is 27.1 Å². The first kappa shape index (κ1) is 22.4. The molecule has 0 saturated carbocycles. The van der Waals surface area contributed by atoms with E-state index in [2.05, 4.69) is 15.3 Å². The van der Waals surface area contributed by atoms with Crippen molar-refractivity contribution in [2.24, 2.45) is 4.99 Å². The van der Waals surface area contributed by atoms with Gasteiger partial charge in [0.15, 0.2) is 18.3 Å². The van der Waals surface area contributed by atoms with Gasteiger partial charge in [-0.3, -0.25) is 4.79 Å². The van der Waals surface area contributed by atoms with Crippen LogP contribution in [0.25, 0.3) is 0 Å². The van der Waals surface area contributed by atoms with Gasteiger partial charge in [0.25, 0.3) is 5.91 Å². The van der Waals surface area contributed by atoms with E-state index in [1.807, 2.05) is 11.8 Å². The number of nitrogens with one attached hydrogen (secondary N) is 1. The van der Waals surface area contributed by atoms with E-state index >= 15 is 0 Å². The lowest BCUT2D eigenvalue weighted by Crippen LogP contribution is -2.53. The molecule has 3 rings (SSSR count). The van der Waals surface area contributed by atoms with E-state index in [9.17, 15) is 18.0 Å². The number of hydrogen-bond donors (Lipinski definition) is 1. The summed E-state index contributed by atoms with van der Waals surface area (Å²) in [7, 11) is 0. The molecule has 0 radical (unpaired) electrons. The third kappa shape index (κ3) is 6.37. The molecule has 0 unspecified atom stereocenters. The Balaban J connectivity index is 1.63. The van der Waals surface area contributed by atoms with Crippen molar-refractivity contribution in [3.05, 3.63) is 48.0 Å². The standard InChI is InChI=1S/C20H24F3N5O3/c1-2-24-19(26-13-15-5-3-7-25-17(15)31-14-20(21,22)23)28-10-8-27(9-11-28)18(29)16-6-4-12-30-16/h3-7,12H,2,8-11,13-14H2,1H3,(H,24,26). The van der Waals surface area contributed by atoms with Gasteiger partial charge in [0.1, 0.15) is 0 Å². The first-order valence-electron chi connectivity index (χ1n) is 9.87. The average molecular weight is 439 g/mol. The predicted molar refractivity (Wildman–Crippen MR) is 107 cm³/mol. The fourth-order valence-corrected chi connectivity index (χ4v) is 3.09. The minimum atomic E-state index is -4.44. The molecule has 0 aromatic carbocycles. The summed E-state index contributed by atoms with van der Waals surface area (Å²) in [4.78, 5) is 24.6. The number of nitrogens with zero attached hydrogens (tertiary/aromatic N) is 4.